The maximum absolute atomic E-state index is 12.7. The molecular weight excluding hydrogens is 386 g/mol. The minimum Gasteiger partial charge on any atom is -0.448 e. The molecule has 2 aromatic carbocycles. The van der Waals surface area contributed by atoms with Crippen LogP contribution in [0, 0.1) is 13.8 Å². The average Bonchev–Trinajstić information content (AvgIpc) is 3.36. The zero-order valence-electron chi connectivity index (χ0n) is 16.2. The molecule has 0 spiro atoms. The summed E-state index contributed by atoms with van der Waals surface area (Å²) in [5, 5.41) is 8.87. The van der Waals surface area contributed by atoms with Gasteiger partial charge in [0, 0.05) is 11.1 Å². The lowest BCUT2D eigenvalue weighted by Gasteiger charge is -2.08. The molecule has 7 heteroatoms. The Morgan fingerprint density at radius 3 is 2.45 bits per heavy atom. The lowest BCUT2D eigenvalue weighted by Crippen LogP contribution is -2.09. The first-order valence-electron chi connectivity index (χ1n) is 9.15. The van der Waals surface area contributed by atoms with Crippen LogP contribution in [0.5, 0.6) is 0 Å². The van der Waals surface area contributed by atoms with E-state index in [-0.39, 0.29) is 5.89 Å². The molecule has 146 valence electrons. The van der Waals surface area contributed by atoms with Crippen LogP contribution < -0.4 is 0 Å². The fraction of sp³-hybridized carbons (Fsp3) is 0.182. The normalized spacial score (nSPS) is 12.0. The number of benzene rings is 2. The summed E-state index contributed by atoms with van der Waals surface area (Å²) >= 11 is 1.31. The van der Waals surface area contributed by atoms with Crippen LogP contribution in [-0.4, -0.2) is 21.2 Å². The number of thiazole rings is 1. The summed E-state index contributed by atoms with van der Waals surface area (Å²) in [5.41, 5.74) is 3.56. The van der Waals surface area contributed by atoms with Crippen LogP contribution >= 0.6 is 11.3 Å². The van der Waals surface area contributed by atoms with Crippen LogP contribution in [0.4, 0.5) is 0 Å². The van der Waals surface area contributed by atoms with E-state index in [9.17, 15) is 4.79 Å². The van der Waals surface area contributed by atoms with Crippen LogP contribution in [0.3, 0.4) is 0 Å². The Bertz CT molecular complexity index is 1130. The number of aromatic nitrogens is 3. The topological polar surface area (TPSA) is 78.1 Å². The van der Waals surface area contributed by atoms with Gasteiger partial charge in [0.25, 0.3) is 5.89 Å². The smallest absolute Gasteiger partial charge is 0.351 e. The molecular formula is C22H19N3O3S. The van der Waals surface area contributed by atoms with Gasteiger partial charge in [-0.3, -0.25) is 0 Å². The highest BCUT2D eigenvalue weighted by Gasteiger charge is 2.23. The average molecular weight is 405 g/mol. The van der Waals surface area contributed by atoms with Crippen molar-refractivity contribution in [2.45, 2.75) is 26.9 Å². The van der Waals surface area contributed by atoms with Gasteiger partial charge >= 0.3 is 5.97 Å². The summed E-state index contributed by atoms with van der Waals surface area (Å²) in [6.45, 7) is 5.51. The third-order valence-electron chi connectivity index (χ3n) is 4.37. The van der Waals surface area contributed by atoms with Crippen molar-refractivity contribution in [3.63, 3.8) is 0 Å². The van der Waals surface area contributed by atoms with Crippen LogP contribution in [0.25, 0.3) is 22.0 Å². The van der Waals surface area contributed by atoms with E-state index >= 15 is 0 Å². The highest BCUT2D eigenvalue weighted by molar-refractivity contribution is 7.17. The molecule has 2 aromatic heterocycles. The molecule has 0 aliphatic carbocycles. The second-order valence-electron chi connectivity index (χ2n) is 6.66. The molecule has 1 atom stereocenters. The number of ether oxygens (including phenoxy) is 1. The Labute approximate surface area is 172 Å². The molecule has 0 radical (unpaired) electrons. The summed E-state index contributed by atoms with van der Waals surface area (Å²) < 4.78 is 11.3. The molecule has 0 bridgehead atoms. The van der Waals surface area contributed by atoms with Crippen molar-refractivity contribution in [1.82, 2.24) is 15.2 Å². The minimum absolute atomic E-state index is 0.249. The van der Waals surface area contributed by atoms with Crippen LogP contribution in [-0.2, 0) is 4.74 Å². The monoisotopic (exact) mass is 405 g/mol. The van der Waals surface area contributed by atoms with Crippen LogP contribution in [0.15, 0.2) is 59.0 Å². The van der Waals surface area contributed by atoms with E-state index in [0.717, 1.165) is 21.7 Å². The molecule has 0 aliphatic rings. The standard InChI is InChI=1S/C22H19N3O3S/c1-13-9-11-16(12-10-13)20-25-24-19(28-20)15(3)27-22(26)18-14(2)23-21(29-18)17-7-5-4-6-8-17/h4-12,15H,1-3H3/t15-/m1/s1. The zero-order valence-corrected chi connectivity index (χ0v) is 17.1. The SMILES string of the molecule is Cc1ccc(-c2nnc([C@@H](C)OC(=O)c3sc(-c4ccccc4)nc3C)o2)cc1. The van der Waals surface area contributed by atoms with Gasteiger partial charge in [-0.25, -0.2) is 9.78 Å². The first-order valence-corrected chi connectivity index (χ1v) is 9.97. The summed E-state index contributed by atoms with van der Waals surface area (Å²) in [7, 11) is 0. The van der Waals surface area contributed by atoms with Crippen molar-refractivity contribution in [3.05, 3.63) is 76.6 Å². The molecule has 0 saturated heterocycles. The maximum atomic E-state index is 12.7. The van der Waals surface area contributed by atoms with Gasteiger partial charge in [-0.05, 0) is 32.9 Å². The highest BCUT2D eigenvalue weighted by Crippen LogP contribution is 2.30. The molecule has 0 N–H and O–H groups in total. The van der Waals surface area contributed by atoms with E-state index in [4.69, 9.17) is 9.15 Å². The number of carbonyl (C=O) groups is 1. The number of hydrogen-bond donors (Lipinski definition) is 0. The molecule has 6 nitrogen and oxygen atoms in total. The maximum Gasteiger partial charge on any atom is 0.351 e. The summed E-state index contributed by atoms with van der Waals surface area (Å²) in [5.74, 6) is 0.187. The van der Waals surface area contributed by atoms with Gasteiger partial charge in [0.2, 0.25) is 5.89 Å². The number of nitrogens with zero attached hydrogens (tertiary/aromatic N) is 3. The van der Waals surface area contributed by atoms with Crippen molar-refractivity contribution in [1.29, 1.82) is 0 Å². The van der Waals surface area contributed by atoms with E-state index in [1.807, 2.05) is 61.5 Å². The van der Waals surface area contributed by atoms with Crippen molar-refractivity contribution < 1.29 is 13.9 Å². The predicted octanol–water partition coefficient (Wildman–Crippen LogP) is 5.39. The molecule has 0 saturated carbocycles. The Hall–Kier alpha value is -3.32. The fourth-order valence-electron chi connectivity index (χ4n) is 2.77. The van der Waals surface area contributed by atoms with Gasteiger partial charge in [-0.2, -0.15) is 0 Å². The fourth-order valence-corrected chi connectivity index (χ4v) is 3.72. The van der Waals surface area contributed by atoms with Gasteiger partial charge in [0.15, 0.2) is 6.10 Å². The molecule has 0 amide bonds. The third-order valence-corrected chi connectivity index (χ3v) is 5.56. The van der Waals surface area contributed by atoms with Crippen molar-refractivity contribution in [2.24, 2.45) is 0 Å². The van der Waals surface area contributed by atoms with Crippen molar-refractivity contribution in [2.75, 3.05) is 0 Å². The molecule has 4 aromatic rings. The first kappa shape index (κ1) is 19.0. The lowest BCUT2D eigenvalue weighted by atomic mass is 10.1. The second-order valence-corrected chi connectivity index (χ2v) is 7.66. The minimum atomic E-state index is -0.670. The first-order chi connectivity index (χ1) is 14.0. The second kappa shape index (κ2) is 7.97. The zero-order chi connectivity index (χ0) is 20.4. The van der Waals surface area contributed by atoms with Gasteiger partial charge in [-0.1, -0.05) is 48.0 Å². The predicted molar refractivity (Wildman–Crippen MR) is 111 cm³/mol. The van der Waals surface area contributed by atoms with Gasteiger partial charge in [0.05, 0.1) is 5.69 Å². The summed E-state index contributed by atoms with van der Waals surface area (Å²) in [4.78, 5) is 17.6. The van der Waals surface area contributed by atoms with E-state index in [1.54, 1.807) is 13.8 Å². The van der Waals surface area contributed by atoms with Gasteiger partial charge in [0.1, 0.15) is 9.88 Å². The number of aryl methyl sites for hydroxylation is 2. The molecule has 0 aliphatic heterocycles. The van der Waals surface area contributed by atoms with Crippen molar-refractivity contribution in [3.8, 4) is 22.0 Å². The number of hydrogen-bond acceptors (Lipinski definition) is 7. The Balaban J connectivity index is 1.49. The van der Waals surface area contributed by atoms with Gasteiger partial charge in [-0.15, -0.1) is 21.5 Å². The quantitative estimate of drug-likeness (QED) is 0.414. The molecule has 0 unspecified atom stereocenters. The van der Waals surface area contributed by atoms with E-state index in [1.165, 1.54) is 11.3 Å². The molecule has 2 heterocycles. The molecule has 4 rings (SSSR count). The van der Waals surface area contributed by atoms with E-state index in [2.05, 4.69) is 15.2 Å². The lowest BCUT2D eigenvalue weighted by molar-refractivity contribution is 0.0284. The van der Waals surface area contributed by atoms with Crippen LogP contribution in [0.2, 0.25) is 0 Å². The molecule has 29 heavy (non-hydrogen) atoms. The Morgan fingerprint density at radius 2 is 1.72 bits per heavy atom. The summed E-state index contributed by atoms with van der Waals surface area (Å²) in [6, 6.07) is 17.5. The van der Waals surface area contributed by atoms with E-state index in [0.29, 0.717) is 16.5 Å². The Kier molecular flexibility index (Phi) is 5.22. The van der Waals surface area contributed by atoms with Gasteiger partial charge < -0.3 is 9.15 Å². The third kappa shape index (κ3) is 4.09. The number of esters is 1. The van der Waals surface area contributed by atoms with E-state index < -0.39 is 12.1 Å². The highest BCUT2D eigenvalue weighted by atomic mass is 32.1. The Morgan fingerprint density at radius 1 is 1.00 bits per heavy atom. The number of rotatable bonds is 5. The number of carbonyl (C=O) groups excluding carboxylic acids is 1. The summed E-state index contributed by atoms with van der Waals surface area (Å²) in [6.07, 6.45) is -0.670. The van der Waals surface area contributed by atoms with Crippen LogP contribution in [0.1, 0.15) is 39.8 Å². The molecule has 0 fully saturated rings. The van der Waals surface area contributed by atoms with Crippen molar-refractivity contribution >= 4 is 17.3 Å². The largest absolute Gasteiger partial charge is 0.448 e.